The van der Waals surface area contributed by atoms with E-state index in [1.807, 2.05) is 38.2 Å². The molecular weight excluding hydrogens is 535 g/mol. The molecular formula is C25H19BrClFN6O. The summed E-state index contributed by atoms with van der Waals surface area (Å²) in [5.74, 6) is -0.458. The number of carbonyl (C=O) groups excluding carboxylic acids is 1. The first-order chi connectivity index (χ1) is 16.8. The fraction of sp³-hybridized carbons (Fsp3) is 0.120. The van der Waals surface area contributed by atoms with Crippen molar-refractivity contribution in [2.75, 3.05) is 5.32 Å². The Morgan fingerprint density at radius 2 is 2.00 bits per heavy atom. The molecule has 0 bridgehead atoms. The first kappa shape index (κ1) is 23.2. The van der Waals surface area contributed by atoms with Crippen LogP contribution in [0, 0.1) is 12.7 Å². The third-order valence-electron chi connectivity index (χ3n) is 5.80. The number of aryl methyl sites for hydroxylation is 1. The lowest BCUT2D eigenvalue weighted by atomic mass is 10.0. The van der Waals surface area contributed by atoms with Gasteiger partial charge in [0.2, 0.25) is 0 Å². The van der Waals surface area contributed by atoms with Crippen molar-refractivity contribution < 1.29 is 9.18 Å². The smallest absolute Gasteiger partial charge is 0.257 e. The summed E-state index contributed by atoms with van der Waals surface area (Å²) in [5, 5.41) is 12.6. The molecule has 0 aliphatic rings. The monoisotopic (exact) mass is 552 g/mol. The molecule has 5 aromatic rings. The molecule has 3 aromatic heterocycles. The van der Waals surface area contributed by atoms with Gasteiger partial charge in [0.05, 0.1) is 34.0 Å². The van der Waals surface area contributed by atoms with E-state index in [2.05, 4.69) is 31.4 Å². The molecule has 0 aliphatic heterocycles. The number of amides is 1. The molecule has 0 spiro atoms. The predicted octanol–water partition coefficient (Wildman–Crippen LogP) is 6.00. The highest BCUT2D eigenvalue weighted by Gasteiger charge is 2.19. The number of hydrogen-bond donors (Lipinski definition) is 1. The van der Waals surface area contributed by atoms with Crippen molar-refractivity contribution in [2.45, 2.75) is 13.5 Å². The van der Waals surface area contributed by atoms with Crippen molar-refractivity contribution in [1.29, 1.82) is 0 Å². The Morgan fingerprint density at radius 3 is 2.74 bits per heavy atom. The standard InChI is InChI=1S/C25H19BrClFN6O/c1-14-17(11-29-33(14)2)23-10-16(15-6-3-4-9-22(15)30-23)25(35)31-24-19(26)13-34(32-24)12-18-20(27)7-5-8-21(18)28/h3-11,13H,12H2,1-2H3,(H,31,32,35). The summed E-state index contributed by atoms with van der Waals surface area (Å²) in [4.78, 5) is 18.2. The molecule has 10 heteroatoms. The molecule has 1 amide bonds. The summed E-state index contributed by atoms with van der Waals surface area (Å²) in [7, 11) is 1.86. The fourth-order valence-electron chi connectivity index (χ4n) is 3.83. The molecule has 7 nitrogen and oxygen atoms in total. The van der Waals surface area contributed by atoms with Crippen LogP contribution in [0.2, 0.25) is 5.02 Å². The van der Waals surface area contributed by atoms with Gasteiger partial charge in [-0.1, -0.05) is 35.9 Å². The molecule has 35 heavy (non-hydrogen) atoms. The van der Waals surface area contributed by atoms with Gasteiger partial charge in [-0.15, -0.1) is 0 Å². The fourth-order valence-corrected chi connectivity index (χ4v) is 4.47. The van der Waals surface area contributed by atoms with Crippen LogP contribution in [0.25, 0.3) is 22.2 Å². The molecule has 0 fully saturated rings. The van der Waals surface area contributed by atoms with Crippen LogP contribution >= 0.6 is 27.5 Å². The summed E-state index contributed by atoms with van der Waals surface area (Å²) in [6.45, 7) is 2.06. The van der Waals surface area contributed by atoms with Gasteiger partial charge in [-0.3, -0.25) is 14.2 Å². The minimum atomic E-state index is -0.420. The molecule has 0 radical (unpaired) electrons. The quantitative estimate of drug-likeness (QED) is 0.290. The second kappa shape index (κ2) is 9.24. The highest BCUT2D eigenvalue weighted by Crippen LogP contribution is 2.29. The van der Waals surface area contributed by atoms with Crippen LogP contribution in [0.5, 0.6) is 0 Å². The number of halogens is 3. The van der Waals surface area contributed by atoms with E-state index in [1.54, 1.807) is 35.3 Å². The Balaban J connectivity index is 1.49. The van der Waals surface area contributed by atoms with Crippen LogP contribution in [-0.2, 0) is 13.6 Å². The highest BCUT2D eigenvalue weighted by atomic mass is 79.9. The largest absolute Gasteiger partial charge is 0.304 e. The number of aromatic nitrogens is 5. The number of nitrogens with one attached hydrogen (secondary N) is 1. The topological polar surface area (TPSA) is 77.6 Å². The van der Waals surface area contributed by atoms with E-state index in [9.17, 15) is 9.18 Å². The van der Waals surface area contributed by atoms with Gasteiger partial charge in [0.25, 0.3) is 5.91 Å². The maximum Gasteiger partial charge on any atom is 0.257 e. The van der Waals surface area contributed by atoms with Crippen molar-refractivity contribution in [1.82, 2.24) is 24.5 Å². The van der Waals surface area contributed by atoms with Crippen LogP contribution in [-0.4, -0.2) is 30.5 Å². The Morgan fingerprint density at radius 1 is 1.20 bits per heavy atom. The van der Waals surface area contributed by atoms with E-state index < -0.39 is 5.82 Å². The average Bonchev–Trinajstić information content (AvgIpc) is 3.36. The molecule has 5 rings (SSSR count). The molecule has 2 aromatic carbocycles. The minimum absolute atomic E-state index is 0.114. The number of carbonyl (C=O) groups is 1. The summed E-state index contributed by atoms with van der Waals surface area (Å²) in [6, 6.07) is 13.7. The zero-order valence-electron chi connectivity index (χ0n) is 18.8. The number of nitrogens with zero attached hydrogens (tertiary/aromatic N) is 5. The second-order valence-electron chi connectivity index (χ2n) is 8.02. The molecule has 1 N–H and O–H groups in total. The van der Waals surface area contributed by atoms with Crippen LogP contribution in [0.4, 0.5) is 10.2 Å². The third-order valence-corrected chi connectivity index (χ3v) is 6.74. The van der Waals surface area contributed by atoms with E-state index in [4.69, 9.17) is 16.6 Å². The molecule has 176 valence electrons. The van der Waals surface area contributed by atoms with Crippen molar-refractivity contribution in [3.8, 4) is 11.3 Å². The van der Waals surface area contributed by atoms with Crippen LogP contribution in [0.1, 0.15) is 21.6 Å². The van der Waals surface area contributed by atoms with E-state index in [-0.39, 0.29) is 12.5 Å². The van der Waals surface area contributed by atoms with E-state index in [0.717, 1.165) is 11.3 Å². The van der Waals surface area contributed by atoms with Gasteiger partial charge in [-0.05, 0) is 47.1 Å². The van der Waals surface area contributed by atoms with Crippen molar-refractivity contribution in [3.63, 3.8) is 0 Å². The third kappa shape index (κ3) is 4.44. The summed E-state index contributed by atoms with van der Waals surface area (Å²) in [6.07, 6.45) is 3.40. The second-order valence-corrected chi connectivity index (χ2v) is 9.28. The summed E-state index contributed by atoms with van der Waals surface area (Å²) < 4.78 is 18.0. The number of fused-ring (bicyclic) bond motifs is 1. The van der Waals surface area contributed by atoms with E-state index in [0.29, 0.717) is 43.0 Å². The zero-order chi connectivity index (χ0) is 24.7. The Kier molecular flexibility index (Phi) is 6.12. The van der Waals surface area contributed by atoms with Gasteiger partial charge >= 0.3 is 0 Å². The van der Waals surface area contributed by atoms with Crippen molar-refractivity contribution >= 4 is 50.2 Å². The first-order valence-corrected chi connectivity index (χ1v) is 11.8. The SMILES string of the molecule is Cc1c(-c2cc(C(=O)Nc3nn(Cc4c(F)cccc4Cl)cc3Br)c3ccccc3n2)cnn1C. The van der Waals surface area contributed by atoms with E-state index in [1.165, 1.54) is 10.7 Å². The number of para-hydroxylation sites is 1. The molecule has 0 unspecified atom stereocenters. The van der Waals surface area contributed by atoms with Crippen molar-refractivity contribution in [2.24, 2.45) is 7.05 Å². The van der Waals surface area contributed by atoms with Crippen LogP contribution in [0.3, 0.4) is 0 Å². The lowest BCUT2D eigenvalue weighted by molar-refractivity contribution is 0.102. The Hall–Kier alpha value is -3.56. The molecule has 3 heterocycles. The maximum absolute atomic E-state index is 14.2. The van der Waals surface area contributed by atoms with Gasteiger partial charge in [0.1, 0.15) is 5.82 Å². The maximum atomic E-state index is 14.2. The average molecular weight is 554 g/mol. The highest BCUT2D eigenvalue weighted by molar-refractivity contribution is 9.10. The van der Waals surface area contributed by atoms with Gasteiger partial charge in [-0.25, -0.2) is 9.37 Å². The molecule has 0 saturated heterocycles. The Labute approximate surface area is 213 Å². The van der Waals surface area contributed by atoms with Gasteiger partial charge in [-0.2, -0.15) is 10.2 Å². The number of pyridine rings is 1. The lowest BCUT2D eigenvalue weighted by Crippen LogP contribution is -2.14. The van der Waals surface area contributed by atoms with Gasteiger partial charge in [0, 0.05) is 40.5 Å². The number of anilines is 1. The Bertz CT molecular complexity index is 1570. The van der Waals surface area contributed by atoms with Gasteiger partial charge in [0.15, 0.2) is 5.82 Å². The lowest BCUT2D eigenvalue weighted by Gasteiger charge is -2.10. The summed E-state index contributed by atoms with van der Waals surface area (Å²) in [5.41, 5.74) is 3.90. The van der Waals surface area contributed by atoms with Crippen LogP contribution in [0.15, 0.2) is 65.4 Å². The normalized spacial score (nSPS) is 11.2. The first-order valence-electron chi connectivity index (χ1n) is 10.7. The zero-order valence-corrected chi connectivity index (χ0v) is 21.1. The molecule has 0 aliphatic carbocycles. The van der Waals surface area contributed by atoms with Crippen LogP contribution < -0.4 is 5.32 Å². The summed E-state index contributed by atoms with van der Waals surface area (Å²) >= 11 is 9.58. The van der Waals surface area contributed by atoms with E-state index >= 15 is 0 Å². The number of hydrogen-bond acceptors (Lipinski definition) is 4. The molecule has 0 atom stereocenters. The number of benzene rings is 2. The van der Waals surface area contributed by atoms with Crippen molar-refractivity contribution in [3.05, 3.63) is 93.1 Å². The predicted molar refractivity (Wildman–Crippen MR) is 137 cm³/mol. The number of rotatable bonds is 5. The van der Waals surface area contributed by atoms with Gasteiger partial charge < -0.3 is 5.32 Å². The molecule has 0 saturated carbocycles. The minimum Gasteiger partial charge on any atom is -0.304 e.